The van der Waals surface area contributed by atoms with Crippen LogP contribution in [0.15, 0.2) is 72.1 Å². The molecule has 0 saturated carbocycles. The van der Waals surface area contributed by atoms with Gasteiger partial charge in [0.2, 0.25) is 0 Å². The van der Waals surface area contributed by atoms with Crippen LogP contribution in [0.3, 0.4) is 0 Å². The summed E-state index contributed by atoms with van der Waals surface area (Å²) in [5.74, 6) is 0.387. The van der Waals surface area contributed by atoms with E-state index in [9.17, 15) is 18.0 Å². The lowest BCUT2D eigenvalue weighted by molar-refractivity contribution is -0.274. The van der Waals surface area contributed by atoms with Gasteiger partial charge in [-0.3, -0.25) is 4.79 Å². The first-order valence-electron chi connectivity index (χ1n) is 12.2. The molecule has 208 valence electrons. The lowest BCUT2D eigenvalue weighted by atomic mass is 10.2. The minimum Gasteiger partial charge on any atom is -0.497 e. The normalized spacial score (nSPS) is 13.8. The maximum Gasteiger partial charge on any atom is 0.573 e. The Labute approximate surface area is 231 Å². The number of halogens is 3. The predicted octanol–water partition coefficient (Wildman–Crippen LogP) is 4.22. The molecular weight excluding hydrogens is 547 g/mol. The van der Waals surface area contributed by atoms with Crippen molar-refractivity contribution < 1.29 is 27.4 Å². The van der Waals surface area contributed by atoms with Crippen molar-refractivity contribution in [3.63, 3.8) is 0 Å². The molecule has 0 aliphatic carbocycles. The minimum absolute atomic E-state index is 0.164. The molecule has 1 amide bonds. The molecule has 0 radical (unpaired) electrons. The second-order valence-corrected chi connectivity index (χ2v) is 9.58. The van der Waals surface area contributed by atoms with E-state index < -0.39 is 6.36 Å². The van der Waals surface area contributed by atoms with Gasteiger partial charge in [-0.25, -0.2) is 14.6 Å². The van der Waals surface area contributed by atoms with Gasteiger partial charge >= 0.3 is 6.36 Å². The summed E-state index contributed by atoms with van der Waals surface area (Å²) in [4.78, 5) is 25.9. The van der Waals surface area contributed by atoms with Crippen LogP contribution in [0.1, 0.15) is 16.2 Å². The summed E-state index contributed by atoms with van der Waals surface area (Å²) in [6.07, 6.45) is -1.58. The first-order chi connectivity index (χ1) is 19.3. The van der Waals surface area contributed by atoms with Crippen LogP contribution in [-0.4, -0.2) is 75.4 Å². The zero-order chi connectivity index (χ0) is 28.1. The Morgan fingerprint density at radius 1 is 0.925 bits per heavy atom. The number of rotatable bonds is 8. The molecule has 40 heavy (non-hydrogen) atoms. The molecular formula is C26H24F3N7O3S. The number of thioether (sulfide) groups is 1. The van der Waals surface area contributed by atoms with Crippen LogP contribution < -0.4 is 14.4 Å². The van der Waals surface area contributed by atoms with E-state index >= 15 is 0 Å². The van der Waals surface area contributed by atoms with Crippen molar-refractivity contribution in [2.24, 2.45) is 0 Å². The van der Waals surface area contributed by atoms with Crippen LogP contribution in [0.5, 0.6) is 11.5 Å². The predicted molar refractivity (Wildman–Crippen MR) is 141 cm³/mol. The van der Waals surface area contributed by atoms with Gasteiger partial charge in [-0.2, -0.15) is 0 Å². The van der Waals surface area contributed by atoms with Gasteiger partial charge < -0.3 is 19.3 Å². The fraction of sp³-hybridized carbons (Fsp3) is 0.269. The molecule has 3 heterocycles. The smallest absolute Gasteiger partial charge is 0.497 e. The highest BCUT2D eigenvalue weighted by atomic mass is 32.2. The molecule has 4 aromatic rings. The fourth-order valence-electron chi connectivity index (χ4n) is 4.20. The molecule has 0 unspecified atom stereocenters. The summed E-state index contributed by atoms with van der Waals surface area (Å²) in [6.45, 7) is 2.23. The second kappa shape index (κ2) is 11.8. The highest BCUT2D eigenvalue weighted by molar-refractivity contribution is 7.98. The third kappa shape index (κ3) is 6.45. The van der Waals surface area contributed by atoms with Crippen molar-refractivity contribution >= 4 is 23.4 Å². The van der Waals surface area contributed by atoms with Crippen LogP contribution >= 0.6 is 11.8 Å². The summed E-state index contributed by atoms with van der Waals surface area (Å²) in [5, 5.41) is 8.86. The van der Waals surface area contributed by atoms with E-state index in [4.69, 9.17) is 4.74 Å². The Balaban J connectivity index is 1.35. The molecule has 1 aliphatic rings. The first-order valence-corrected chi connectivity index (χ1v) is 13.2. The van der Waals surface area contributed by atoms with E-state index in [0.29, 0.717) is 42.7 Å². The van der Waals surface area contributed by atoms with Gasteiger partial charge in [0.25, 0.3) is 5.91 Å². The van der Waals surface area contributed by atoms with Crippen molar-refractivity contribution in [1.29, 1.82) is 0 Å². The third-order valence-corrected chi connectivity index (χ3v) is 7.05. The topological polar surface area (TPSA) is 98.5 Å². The number of piperazine rings is 1. The number of amides is 1. The number of anilines is 1. The Kier molecular flexibility index (Phi) is 8.05. The first kappa shape index (κ1) is 27.2. The van der Waals surface area contributed by atoms with Gasteiger partial charge in [-0.05, 0) is 54.6 Å². The molecule has 0 N–H and O–H groups in total. The zero-order valence-electron chi connectivity index (χ0n) is 21.3. The summed E-state index contributed by atoms with van der Waals surface area (Å²) in [6, 6.07) is 14.7. The number of aromatic nitrogens is 5. The quantitative estimate of drug-likeness (QED) is 0.227. The average Bonchev–Trinajstić information content (AvgIpc) is 3.40. The molecule has 0 bridgehead atoms. The van der Waals surface area contributed by atoms with Crippen LogP contribution in [0.2, 0.25) is 0 Å². The monoisotopic (exact) mass is 571 g/mol. The molecule has 1 fully saturated rings. The van der Waals surface area contributed by atoms with Crippen molar-refractivity contribution in [2.75, 3.05) is 38.2 Å². The largest absolute Gasteiger partial charge is 0.573 e. The highest BCUT2D eigenvalue weighted by Crippen LogP contribution is 2.27. The highest BCUT2D eigenvalue weighted by Gasteiger charge is 2.31. The van der Waals surface area contributed by atoms with Crippen molar-refractivity contribution in [3.8, 4) is 17.2 Å². The van der Waals surface area contributed by atoms with E-state index in [1.807, 2.05) is 24.3 Å². The Bertz CT molecular complexity index is 1430. The maximum absolute atomic E-state index is 13.6. The Hall–Kier alpha value is -4.33. The molecule has 5 rings (SSSR count). The summed E-state index contributed by atoms with van der Waals surface area (Å²) in [7, 11) is 1.62. The molecule has 10 nitrogen and oxygen atoms in total. The zero-order valence-corrected chi connectivity index (χ0v) is 22.1. The maximum atomic E-state index is 13.6. The number of methoxy groups -OCH3 is 1. The number of carbonyl (C=O) groups is 1. The van der Waals surface area contributed by atoms with Crippen molar-refractivity contribution in [1.82, 2.24) is 29.9 Å². The summed E-state index contributed by atoms with van der Waals surface area (Å²) < 4.78 is 48.4. The number of ether oxygens (including phenoxy) is 2. The van der Waals surface area contributed by atoms with Gasteiger partial charge in [-0.15, -0.1) is 18.3 Å². The van der Waals surface area contributed by atoms with Crippen LogP contribution in [0, 0.1) is 0 Å². The third-order valence-electron chi connectivity index (χ3n) is 6.17. The van der Waals surface area contributed by atoms with Crippen molar-refractivity contribution in [2.45, 2.75) is 17.3 Å². The molecule has 14 heteroatoms. The van der Waals surface area contributed by atoms with E-state index in [2.05, 4.69) is 29.9 Å². The standard InChI is InChI=1S/C26H24F3N7O3S/c1-38-20-7-3-18(4-8-20)34-13-15-35(16-14-34)24(37)23-22(17-40-25-30-11-2-12-31-25)36(33-32-23)19-5-9-21(10-6-19)39-26(27,28)29/h2-12H,13-17H2,1H3. The lowest BCUT2D eigenvalue weighted by Crippen LogP contribution is -2.49. The number of hydrogen-bond acceptors (Lipinski definition) is 9. The van der Waals surface area contributed by atoms with Gasteiger partial charge in [-0.1, -0.05) is 17.0 Å². The van der Waals surface area contributed by atoms with Gasteiger partial charge in [0.05, 0.1) is 18.5 Å². The number of hydrogen-bond donors (Lipinski definition) is 0. The molecule has 2 aromatic carbocycles. The second-order valence-electron chi connectivity index (χ2n) is 8.64. The van der Waals surface area contributed by atoms with Crippen LogP contribution in [0.25, 0.3) is 5.69 Å². The van der Waals surface area contributed by atoms with E-state index in [1.165, 1.54) is 40.7 Å². The number of benzene rings is 2. The molecule has 0 spiro atoms. The summed E-state index contributed by atoms with van der Waals surface area (Å²) in [5.41, 5.74) is 2.10. The Morgan fingerprint density at radius 3 is 2.17 bits per heavy atom. The molecule has 1 aliphatic heterocycles. The number of alkyl halides is 3. The summed E-state index contributed by atoms with van der Waals surface area (Å²) >= 11 is 1.29. The number of nitrogens with zero attached hydrogens (tertiary/aromatic N) is 7. The van der Waals surface area contributed by atoms with Gasteiger partial charge in [0.1, 0.15) is 11.5 Å². The van der Waals surface area contributed by atoms with E-state index in [0.717, 1.165) is 11.4 Å². The van der Waals surface area contributed by atoms with E-state index in [1.54, 1.807) is 30.5 Å². The molecule has 0 atom stereocenters. The van der Waals surface area contributed by atoms with Crippen molar-refractivity contribution in [3.05, 3.63) is 78.4 Å². The number of carbonyl (C=O) groups excluding carboxylic acids is 1. The van der Waals surface area contributed by atoms with Crippen LogP contribution in [-0.2, 0) is 5.75 Å². The van der Waals surface area contributed by atoms with E-state index in [-0.39, 0.29) is 23.1 Å². The lowest BCUT2D eigenvalue weighted by Gasteiger charge is -2.36. The van der Waals surface area contributed by atoms with Crippen LogP contribution in [0.4, 0.5) is 18.9 Å². The Morgan fingerprint density at radius 2 is 1.55 bits per heavy atom. The van der Waals surface area contributed by atoms with Gasteiger partial charge in [0.15, 0.2) is 10.9 Å². The minimum atomic E-state index is -4.80. The van der Waals surface area contributed by atoms with Gasteiger partial charge in [0, 0.05) is 50.0 Å². The fourth-order valence-corrected chi connectivity index (χ4v) is 4.99. The SMILES string of the molecule is COc1ccc(N2CCN(C(=O)c3nnn(-c4ccc(OC(F)(F)F)cc4)c3CSc3ncccn3)CC2)cc1. The average molecular weight is 572 g/mol. The molecule has 2 aromatic heterocycles. The molecule has 1 saturated heterocycles.